The Kier molecular flexibility index (Phi) is 5.62. The second-order valence-corrected chi connectivity index (χ2v) is 7.17. The second kappa shape index (κ2) is 7.73. The van der Waals surface area contributed by atoms with E-state index in [0.717, 1.165) is 18.4 Å². The highest BCUT2D eigenvalue weighted by atomic mass is 35.5. The minimum atomic E-state index is -0.594. The summed E-state index contributed by atoms with van der Waals surface area (Å²) < 4.78 is 13.2. The highest BCUT2D eigenvalue weighted by Crippen LogP contribution is 2.29. The normalized spacial score (nSPS) is 16.3. The number of hydrogen-bond acceptors (Lipinski definition) is 2. The maximum Gasteiger partial charge on any atom is 0.241 e. The molecular weight excluding hydrogens is 362 g/mol. The lowest BCUT2D eigenvalue weighted by molar-refractivity contribution is -0.123. The predicted octanol–water partition coefficient (Wildman–Crippen LogP) is 4.80. The maximum absolute atomic E-state index is 13.2. The fourth-order valence-electron chi connectivity index (χ4n) is 2.68. The van der Waals surface area contributed by atoms with Gasteiger partial charge < -0.3 is 5.32 Å². The van der Waals surface area contributed by atoms with Crippen LogP contribution in [0.15, 0.2) is 42.5 Å². The van der Waals surface area contributed by atoms with E-state index in [-0.39, 0.29) is 23.8 Å². The molecule has 1 saturated carbocycles. The van der Waals surface area contributed by atoms with Crippen molar-refractivity contribution in [3.05, 3.63) is 69.5 Å². The molecule has 1 fully saturated rings. The molecule has 3 rings (SSSR count). The smallest absolute Gasteiger partial charge is 0.241 e. The molecule has 0 aliphatic heterocycles. The summed E-state index contributed by atoms with van der Waals surface area (Å²) in [6, 6.07) is 10.7. The fraction of sp³-hybridized carbons (Fsp3) is 0.316. The summed E-state index contributed by atoms with van der Waals surface area (Å²) in [5.74, 6) is -0.454. The quantitative estimate of drug-likeness (QED) is 0.755. The van der Waals surface area contributed by atoms with E-state index in [1.54, 1.807) is 24.3 Å². The summed E-state index contributed by atoms with van der Waals surface area (Å²) in [7, 11) is 0. The van der Waals surface area contributed by atoms with Crippen LogP contribution in [0.2, 0.25) is 10.0 Å². The van der Waals surface area contributed by atoms with Crippen molar-refractivity contribution in [1.29, 1.82) is 0 Å². The van der Waals surface area contributed by atoms with E-state index in [4.69, 9.17) is 23.2 Å². The van der Waals surface area contributed by atoms with Gasteiger partial charge in [-0.1, -0.05) is 41.4 Å². The standard InChI is InChI=1S/C19H19Cl2FN2O/c1-11(16-9-4-13(20)10-17(16)21)23-18(19(25)24-15-7-8-15)12-2-5-14(22)6-3-12/h2-6,9-11,15,18,23H,7-8H2,1H3,(H,24,25)/t11-,18+/m1/s1. The van der Waals surface area contributed by atoms with Crippen molar-refractivity contribution in [1.82, 2.24) is 10.6 Å². The lowest BCUT2D eigenvalue weighted by Gasteiger charge is -2.24. The van der Waals surface area contributed by atoms with Crippen molar-refractivity contribution >= 4 is 29.1 Å². The van der Waals surface area contributed by atoms with Gasteiger partial charge in [0.25, 0.3) is 0 Å². The Morgan fingerprint density at radius 1 is 1.16 bits per heavy atom. The Hall–Kier alpha value is -1.62. The summed E-state index contributed by atoms with van der Waals surface area (Å²) in [6.45, 7) is 1.93. The fourth-order valence-corrected chi connectivity index (χ4v) is 3.26. The number of carbonyl (C=O) groups excluding carboxylic acids is 1. The highest BCUT2D eigenvalue weighted by Gasteiger charge is 2.29. The lowest BCUT2D eigenvalue weighted by Crippen LogP contribution is -2.39. The number of halogens is 3. The molecule has 2 atom stereocenters. The van der Waals surface area contributed by atoms with E-state index in [1.807, 2.05) is 13.0 Å². The van der Waals surface area contributed by atoms with Crippen molar-refractivity contribution < 1.29 is 9.18 Å². The number of carbonyl (C=O) groups is 1. The Morgan fingerprint density at radius 3 is 2.44 bits per heavy atom. The van der Waals surface area contributed by atoms with Crippen LogP contribution >= 0.6 is 23.2 Å². The zero-order chi connectivity index (χ0) is 18.0. The molecule has 0 spiro atoms. The number of hydrogen-bond donors (Lipinski definition) is 2. The van der Waals surface area contributed by atoms with Crippen LogP contribution in [0.1, 0.15) is 43.0 Å². The van der Waals surface area contributed by atoms with E-state index in [2.05, 4.69) is 10.6 Å². The molecule has 0 saturated heterocycles. The minimum Gasteiger partial charge on any atom is -0.352 e. The van der Waals surface area contributed by atoms with Crippen molar-refractivity contribution in [2.24, 2.45) is 0 Å². The number of nitrogens with one attached hydrogen (secondary N) is 2. The first kappa shape index (κ1) is 18.2. The Balaban J connectivity index is 1.82. The van der Waals surface area contributed by atoms with Gasteiger partial charge in [-0.2, -0.15) is 0 Å². The Bertz CT molecular complexity index is 763. The molecule has 0 unspecified atom stereocenters. The molecular formula is C19H19Cl2FN2O. The predicted molar refractivity (Wildman–Crippen MR) is 98.3 cm³/mol. The Labute approximate surface area is 156 Å². The van der Waals surface area contributed by atoms with E-state index in [9.17, 15) is 9.18 Å². The summed E-state index contributed by atoms with van der Waals surface area (Å²) in [4.78, 5) is 12.7. The van der Waals surface area contributed by atoms with Gasteiger partial charge in [-0.3, -0.25) is 10.1 Å². The molecule has 0 heterocycles. The third kappa shape index (κ3) is 4.72. The topological polar surface area (TPSA) is 41.1 Å². The van der Waals surface area contributed by atoms with Crippen LogP contribution in [0.4, 0.5) is 4.39 Å². The van der Waals surface area contributed by atoms with Crippen LogP contribution < -0.4 is 10.6 Å². The number of benzene rings is 2. The van der Waals surface area contributed by atoms with Gasteiger partial charge in [0.05, 0.1) is 0 Å². The van der Waals surface area contributed by atoms with Crippen molar-refractivity contribution in [3.8, 4) is 0 Å². The molecule has 3 nitrogen and oxygen atoms in total. The SMILES string of the molecule is C[C@@H](N[C@H](C(=O)NC1CC1)c1ccc(F)cc1)c1ccc(Cl)cc1Cl. The molecule has 1 amide bonds. The van der Waals surface area contributed by atoms with Gasteiger partial charge in [0.1, 0.15) is 11.9 Å². The average Bonchev–Trinajstić information content (AvgIpc) is 3.37. The number of amides is 1. The Morgan fingerprint density at radius 2 is 1.84 bits per heavy atom. The third-order valence-electron chi connectivity index (χ3n) is 4.23. The number of rotatable bonds is 6. The first-order valence-corrected chi connectivity index (χ1v) is 8.96. The van der Waals surface area contributed by atoms with Gasteiger partial charge in [0.2, 0.25) is 5.91 Å². The van der Waals surface area contributed by atoms with E-state index >= 15 is 0 Å². The van der Waals surface area contributed by atoms with E-state index in [0.29, 0.717) is 15.6 Å². The molecule has 0 aromatic heterocycles. The summed E-state index contributed by atoms with van der Waals surface area (Å²) >= 11 is 12.2. The molecule has 132 valence electrons. The molecule has 2 aromatic rings. The molecule has 2 N–H and O–H groups in total. The highest BCUT2D eigenvalue weighted by molar-refractivity contribution is 6.35. The van der Waals surface area contributed by atoms with Gasteiger partial charge in [-0.15, -0.1) is 0 Å². The van der Waals surface area contributed by atoms with E-state index in [1.165, 1.54) is 12.1 Å². The molecule has 0 bridgehead atoms. The molecule has 1 aliphatic carbocycles. The minimum absolute atomic E-state index is 0.119. The van der Waals surface area contributed by atoms with Crippen molar-refractivity contribution in [2.75, 3.05) is 0 Å². The zero-order valence-corrected chi connectivity index (χ0v) is 15.2. The first-order valence-electron chi connectivity index (χ1n) is 8.21. The summed E-state index contributed by atoms with van der Waals surface area (Å²) in [5, 5.41) is 7.39. The van der Waals surface area contributed by atoms with Crippen LogP contribution in [-0.2, 0) is 4.79 Å². The monoisotopic (exact) mass is 380 g/mol. The van der Waals surface area contributed by atoms with Crippen LogP contribution in [0, 0.1) is 5.82 Å². The van der Waals surface area contributed by atoms with Crippen LogP contribution in [-0.4, -0.2) is 11.9 Å². The summed E-state index contributed by atoms with van der Waals surface area (Å²) in [6.07, 6.45) is 2.00. The average molecular weight is 381 g/mol. The lowest BCUT2D eigenvalue weighted by atomic mass is 10.0. The van der Waals surface area contributed by atoms with Gasteiger partial charge in [-0.25, -0.2) is 4.39 Å². The maximum atomic E-state index is 13.2. The van der Waals surface area contributed by atoms with E-state index < -0.39 is 6.04 Å². The molecule has 25 heavy (non-hydrogen) atoms. The van der Waals surface area contributed by atoms with Crippen LogP contribution in [0.3, 0.4) is 0 Å². The van der Waals surface area contributed by atoms with Gasteiger partial charge >= 0.3 is 0 Å². The van der Waals surface area contributed by atoms with Crippen LogP contribution in [0.5, 0.6) is 0 Å². The molecule has 1 aliphatic rings. The summed E-state index contributed by atoms with van der Waals surface area (Å²) in [5.41, 5.74) is 1.55. The first-order chi connectivity index (χ1) is 11.9. The molecule has 0 radical (unpaired) electrons. The zero-order valence-electron chi connectivity index (χ0n) is 13.7. The van der Waals surface area contributed by atoms with Crippen molar-refractivity contribution in [3.63, 3.8) is 0 Å². The molecule has 6 heteroatoms. The molecule has 2 aromatic carbocycles. The third-order valence-corrected chi connectivity index (χ3v) is 4.80. The largest absolute Gasteiger partial charge is 0.352 e. The van der Waals surface area contributed by atoms with Crippen LogP contribution in [0.25, 0.3) is 0 Å². The van der Waals surface area contributed by atoms with Gasteiger partial charge in [-0.05, 0) is 55.2 Å². The van der Waals surface area contributed by atoms with Crippen molar-refractivity contribution in [2.45, 2.75) is 37.9 Å². The van der Waals surface area contributed by atoms with Gasteiger partial charge in [0, 0.05) is 22.1 Å². The second-order valence-electron chi connectivity index (χ2n) is 6.32. The van der Waals surface area contributed by atoms with Gasteiger partial charge in [0.15, 0.2) is 0 Å².